The molecule has 2 aromatic heterocycles. The van der Waals surface area contributed by atoms with E-state index in [4.69, 9.17) is 4.42 Å². The van der Waals surface area contributed by atoms with E-state index in [0.29, 0.717) is 10.7 Å². The molecule has 2 heterocycles. The largest absolute Gasteiger partial charge is 0.451 e. The van der Waals surface area contributed by atoms with Crippen LogP contribution in [0.15, 0.2) is 57.4 Å². The number of benzene rings is 2. The number of aryl methyl sites for hydroxylation is 1. The number of furan rings is 1. The third kappa shape index (κ3) is 3.08. The fourth-order valence-corrected chi connectivity index (χ4v) is 3.64. The Labute approximate surface area is 155 Å². The maximum Gasteiger partial charge on any atom is 0.293 e. The fraction of sp³-hybridized carbons (Fsp3) is 0.0556. The number of halogens is 1. The number of hydrogen-bond acceptors (Lipinski definition) is 5. The number of hydrogen-bond donors (Lipinski definition) is 1. The first-order valence-electron chi connectivity index (χ1n) is 7.51. The number of carbonyl (C=O) groups is 1. The normalized spacial score (nSPS) is 11.0. The summed E-state index contributed by atoms with van der Waals surface area (Å²) in [5.41, 5.74) is 2.43. The average Bonchev–Trinajstić information content (AvgIpc) is 3.21. The zero-order valence-electron chi connectivity index (χ0n) is 13.1. The Bertz CT molecular complexity index is 1070. The molecule has 4 aromatic rings. The van der Waals surface area contributed by atoms with Crippen molar-refractivity contribution >= 4 is 49.3 Å². The van der Waals surface area contributed by atoms with Gasteiger partial charge in [-0.25, -0.2) is 0 Å². The SMILES string of the molecule is Cc1c(C(=O)Nc2nnc(-c3ccccc3)s2)oc2ccc(Br)cc12. The van der Waals surface area contributed by atoms with E-state index in [1.807, 2.05) is 55.5 Å². The van der Waals surface area contributed by atoms with Crippen molar-refractivity contribution < 1.29 is 9.21 Å². The van der Waals surface area contributed by atoms with E-state index in [2.05, 4.69) is 31.4 Å². The lowest BCUT2D eigenvalue weighted by molar-refractivity contribution is 0.0998. The van der Waals surface area contributed by atoms with Gasteiger partial charge < -0.3 is 4.42 Å². The van der Waals surface area contributed by atoms with E-state index >= 15 is 0 Å². The molecule has 0 saturated heterocycles. The predicted octanol–water partition coefficient (Wildman–Crippen LogP) is 5.27. The minimum atomic E-state index is -0.333. The lowest BCUT2D eigenvalue weighted by Gasteiger charge is -1.98. The number of fused-ring (bicyclic) bond motifs is 1. The van der Waals surface area contributed by atoms with Gasteiger partial charge in [0.1, 0.15) is 10.6 Å². The molecular formula is C18H12BrN3O2S. The Morgan fingerprint density at radius 1 is 1.16 bits per heavy atom. The monoisotopic (exact) mass is 413 g/mol. The van der Waals surface area contributed by atoms with E-state index in [1.54, 1.807) is 0 Å². The Morgan fingerprint density at radius 2 is 1.96 bits per heavy atom. The van der Waals surface area contributed by atoms with Crippen LogP contribution in [0.3, 0.4) is 0 Å². The maximum absolute atomic E-state index is 12.6. The number of anilines is 1. The molecule has 0 bridgehead atoms. The Morgan fingerprint density at radius 3 is 2.76 bits per heavy atom. The van der Waals surface area contributed by atoms with Crippen molar-refractivity contribution in [3.8, 4) is 10.6 Å². The molecule has 0 saturated carbocycles. The minimum Gasteiger partial charge on any atom is -0.451 e. The zero-order chi connectivity index (χ0) is 17.4. The van der Waals surface area contributed by atoms with Crippen LogP contribution in [-0.4, -0.2) is 16.1 Å². The van der Waals surface area contributed by atoms with Crippen LogP contribution in [0.4, 0.5) is 5.13 Å². The summed E-state index contributed by atoms with van der Waals surface area (Å²) in [6.45, 7) is 1.86. The summed E-state index contributed by atoms with van der Waals surface area (Å²) in [5.74, 6) is -0.0508. The molecule has 0 atom stereocenters. The molecule has 124 valence electrons. The average molecular weight is 414 g/mol. The quantitative estimate of drug-likeness (QED) is 0.496. The molecule has 0 unspecified atom stereocenters. The second-order valence-corrected chi connectivity index (χ2v) is 7.32. The van der Waals surface area contributed by atoms with E-state index < -0.39 is 0 Å². The van der Waals surface area contributed by atoms with Gasteiger partial charge in [0.05, 0.1) is 0 Å². The number of aromatic nitrogens is 2. The standard InChI is InChI=1S/C18H12BrN3O2S/c1-10-13-9-12(19)7-8-14(13)24-15(10)16(23)20-18-22-21-17(25-18)11-5-3-2-4-6-11/h2-9H,1H3,(H,20,22,23). The van der Waals surface area contributed by atoms with Gasteiger partial charge in [0, 0.05) is 21.0 Å². The van der Waals surface area contributed by atoms with Gasteiger partial charge in [0.2, 0.25) is 5.13 Å². The molecule has 0 aliphatic carbocycles. The maximum atomic E-state index is 12.6. The van der Waals surface area contributed by atoms with Crippen molar-refractivity contribution in [3.05, 3.63) is 64.3 Å². The smallest absolute Gasteiger partial charge is 0.293 e. The van der Waals surface area contributed by atoms with Gasteiger partial charge in [0.15, 0.2) is 5.76 Å². The molecule has 0 aliphatic rings. The van der Waals surface area contributed by atoms with Crippen LogP contribution >= 0.6 is 27.3 Å². The molecular weight excluding hydrogens is 402 g/mol. The molecule has 25 heavy (non-hydrogen) atoms. The zero-order valence-corrected chi connectivity index (χ0v) is 15.5. The Hall–Kier alpha value is -2.51. The summed E-state index contributed by atoms with van der Waals surface area (Å²) < 4.78 is 6.64. The molecule has 1 amide bonds. The third-order valence-electron chi connectivity index (χ3n) is 3.77. The van der Waals surface area contributed by atoms with Gasteiger partial charge in [-0.15, -0.1) is 10.2 Å². The van der Waals surface area contributed by atoms with E-state index in [0.717, 1.165) is 26.0 Å². The van der Waals surface area contributed by atoms with E-state index in [1.165, 1.54) is 11.3 Å². The molecule has 0 aliphatic heterocycles. The van der Waals surface area contributed by atoms with E-state index in [-0.39, 0.29) is 11.7 Å². The first kappa shape index (κ1) is 16.0. The van der Waals surface area contributed by atoms with Gasteiger partial charge in [-0.2, -0.15) is 0 Å². The van der Waals surface area contributed by atoms with Crippen molar-refractivity contribution in [1.82, 2.24) is 10.2 Å². The molecule has 5 nitrogen and oxygen atoms in total. The summed E-state index contributed by atoms with van der Waals surface area (Å²) in [6.07, 6.45) is 0. The van der Waals surface area contributed by atoms with Crippen LogP contribution in [0.2, 0.25) is 0 Å². The van der Waals surface area contributed by atoms with Crippen LogP contribution in [0.5, 0.6) is 0 Å². The molecule has 7 heteroatoms. The van der Waals surface area contributed by atoms with Gasteiger partial charge in [0.25, 0.3) is 5.91 Å². The highest BCUT2D eigenvalue weighted by Gasteiger charge is 2.19. The van der Waals surface area contributed by atoms with Gasteiger partial charge in [-0.1, -0.05) is 57.6 Å². The van der Waals surface area contributed by atoms with Crippen LogP contribution in [0, 0.1) is 6.92 Å². The number of carbonyl (C=O) groups excluding carboxylic acids is 1. The van der Waals surface area contributed by atoms with Gasteiger partial charge >= 0.3 is 0 Å². The highest BCUT2D eigenvalue weighted by atomic mass is 79.9. The second-order valence-electron chi connectivity index (χ2n) is 5.43. The fourth-order valence-electron chi connectivity index (χ4n) is 2.53. The summed E-state index contributed by atoms with van der Waals surface area (Å²) in [4.78, 5) is 12.6. The van der Waals surface area contributed by atoms with Crippen molar-refractivity contribution in [3.63, 3.8) is 0 Å². The Kier molecular flexibility index (Phi) is 4.10. The molecule has 0 spiro atoms. The van der Waals surface area contributed by atoms with Crippen molar-refractivity contribution in [1.29, 1.82) is 0 Å². The van der Waals surface area contributed by atoms with Crippen molar-refractivity contribution in [2.75, 3.05) is 5.32 Å². The lowest BCUT2D eigenvalue weighted by atomic mass is 10.1. The molecule has 0 fully saturated rings. The third-order valence-corrected chi connectivity index (χ3v) is 5.15. The number of amides is 1. The molecule has 2 aromatic carbocycles. The van der Waals surface area contributed by atoms with Crippen LogP contribution in [-0.2, 0) is 0 Å². The first-order valence-corrected chi connectivity index (χ1v) is 9.12. The second kappa shape index (κ2) is 6.42. The summed E-state index contributed by atoms with van der Waals surface area (Å²) in [6, 6.07) is 15.4. The minimum absolute atomic E-state index is 0.282. The van der Waals surface area contributed by atoms with Crippen molar-refractivity contribution in [2.45, 2.75) is 6.92 Å². The topological polar surface area (TPSA) is 68.0 Å². The van der Waals surface area contributed by atoms with Crippen molar-refractivity contribution in [2.24, 2.45) is 0 Å². The molecule has 0 radical (unpaired) electrons. The number of nitrogens with one attached hydrogen (secondary N) is 1. The van der Waals surface area contributed by atoms with Gasteiger partial charge in [-0.05, 0) is 25.1 Å². The van der Waals surface area contributed by atoms with Crippen LogP contribution in [0.25, 0.3) is 21.5 Å². The number of nitrogens with zero attached hydrogens (tertiary/aromatic N) is 2. The van der Waals surface area contributed by atoms with Crippen LogP contribution in [0.1, 0.15) is 16.1 Å². The highest BCUT2D eigenvalue weighted by Crippen LogP contribution is 2.30. The van der Waals surface area contributed by atoms with E-state index in [9.17, 15) is 4.79 Å². The van der Waals surface area contributed by atoms with Gasteiger partial charge in [-0.3, -0.25) is 10.1 Å². The lowest BCUT2D eigenvalue weighted by Crippen LogP contribution is -2.11. The summed E-state index contributed by atoms with van der Waals surface area (Å²) in [5, 5.41) is 13.0. The predicted molar refractivity (Wildman–Crippen MR) is 102 cm³/mol. The summed E-state index contributed by atoms with van der Waals surface area (Å²) >= 11 is 4.75. The Balaban J connectivity index is 1.61. The number of rotatable bonds is 3. The first-order chi connectivity index (χ1) is 12.1. The molecule has 1 N–H and O–H groups in total. The summed E-state index contributed by atoms with van der Waals surface area (Å²) in [7, 11) is 0. The molecule has 4 rings (SSSR count). The highest BCUT2D eigenvalue weighted by molar-refractivity contribution is 9.10. The van der Waals surface area contributed by atoms with Crippen LogP contribution < -0.4 is 5.32 Å².